The number of hydrogen-bond donors (Lipinski definition) is 2. The Hall–Kier alpha value is -2.46. The predicted molar refractivity (Wildman–Crippen MR) is 127 cm³/mol. The van der Waals surface area contributed by atoms with E-state index in [1.807, 2.05) is 13.0 Å². The molecule has 0 aliphatic rings. The van der Waals surface area contributed by atoms with Crippen molar-refractivity contribution < 1.29 is 21.6 Å². The molecule has 0 atom stereocenters. The van der Waals surface area contributed by atoms with E-state index in [1.54, 1.807) is 19.1 Å². The van der Waals surface area contributed by atoms with E-state index in [0.717, 1.165) is 11.1 Å². The van der Waals surface area contributed by atoms with Crippen LogP contribution in [-0.4, -0.2) is 23.9 Å². The number of ether oxygens (including phenoxy) is 1. The van der Waals surface area contributed by atoms with E-state index in [0.29, 0.717) is 5.69 Å². The van der Waals surface area contributed by atoms with Gasteiger partial charge < -0.3 is 4.74 Å². The smallest absolute Gasteiger partial charge is 0.263 e. The van der Waals surface area contributed by atoms with Crippen LogP contribution < -0.4 is 14.2 Å². The third kappa shape index (κ3) is 5.12. The second kappa shape index (κ2) is 9.19. The molecule has 0 amide bonds. The molecule has 0 radical (unpaired) electrons. The van der Waals surface area contributed by atoms with Crippen LogP contribution in [0, 0.1) is 13.8 Å². The Morgan fingerprint density at radius 1 is 0.781 bits per heavy atom. The number of benzene rings is 3. The van der Waals surface area contributed by atoms with Gasteiger partial charge in [0, 0.05) is 5.69 Å². The zero-order chi connectivity index (χ0) is 23.7. The lowest BCUT2D eigenvalue weighted by atomic mass is 10.1. The molecule has 0 heterocycles. The molecule has 2 N–H and O–H groups in total. The van der Waals surface area contributed by atoms with Gasteiger partial charge in [-0.15, -0.1) is 0 Å². The Kier molecular flexibility index (Phi) is 6.94. The number of halogens is 2. The van der Waals surface area contributed by atoms with Crippen molar-refractivity contribution in [3.05, 3.63) is 75.8 Å². The zero-order valence-corrected chi connectivity index (χ0v) is 20.5. The molecule has 0 aliphatic heterocycles. The molecule has 0 bridgehead atoms. The molecule has 11 heteroatoms. The minimum Gasteiger partial charge on any atom is -0.495 e. The van der Waals surface area contributed by atoms with Gasteiger partial charge in [0.15, 0.2) is 0 Å². The second-order valence-electron chi connectivity index (χ2n) is 6.95. The highest BCUT2D eigenvalue weighted by molar-refractivity contribution is 7.93. The molecule has 0 saturated carbocycles. The monoisotopic (exact) mass is 514 g/mol. The van der Waals surface area contributed by atoms with Crippen molar-refractivity contribution in [2.24, 2.45) is 0 Å². The van der Waals surface area contributed by atoms with Crippen molar-refractivity contribution in [3.63, 3.8) is 0 Å². The number of nitrogens with one attached hydrogen (secondary N) is 2. The summed E-state index contributed by atoms with van der Waals surface area (Å²) in [5.41, 5.74) is 2.42. The molecule has 3 aromatic carbocycles. The standard InChI is InChI=1S/C21H20Cl2N2O5S2/c1-13-4-9-17(14(2)12-13)25-31(26,27)16-7-5-15(6-8-16)24-32(28,29)19-11-10-18(30-3)20(22)21(19)23/h4-12,24-25H,1-3H3. The zero-order valence-electron chi connectivity index (χ0n) is 17.3. The van der Waals surface area contributed by atoms with Crippen molar-refractivity contribution in [1.82, 2.24) is 0 Å². The molecule has 3 rings (SSSR count). The van der Waals surface area contributed by atoms with Gasteiger partial charge in [0.1, 0.15) is 15.7 Å². The van der Waals surface area contributed by atoms with Gasteiger partial charge in [-0.05, 0) is 61.9 Å². The summed E-state index contributed by atoms with van der Waals surface area (Å²) in [6.07, 6.45) is 0. The fourth-order valence-corrected chi connectivity index (χ4v) is 5.95. The van der Waals surface area contributed by atoms with Crippen molar-refractivity contribution >= 4 is 54.6 Å². The van der Waals surface area contributed by atoms with Crippen LogP contribution >= 0.6 is 23.2 Å². The van der Waals surface area contributed by atoms with Crippen LogP contribution in [0.25, 0.3) is 0 Å². The average Bonchev–Trinajstić information content (AvgIpc) is 2.72. The Labute approximate surface area is 197 Å². The maximum atomic E-state index is 12.7. The van der Waals surface area contributed by atoms with E-state index in [2.05, 4.69) is 9.44 Å². The summed E-state index contributed by atoms with van der Waals surface area (Å²) in [5, 5.41) is -0.216. The first-order valence-corrected chi connectivity index (χ1v) is 12.9. The Bertz CT molecular complexity index is 1370. The van der Waals surface area contributed by atoms with Crippen LogP contribution in [-0.2, 0) is 20.0 Å². The number of sulfonamides is 2. The third-order valence-corrected chi connectivity index (χ3v) is 8.35. The normalized spacial score (nSPS) is 11.8. The molecular weight excluding hydrogens is 495 g/mol. The quantitative estimate of drug-likeness (QED) is 0.449. The number of hydrogen-bond acceptors (Lipinski definition) is 5. The van der Waals surface area contributed by atoms with Gasteiger partial charge in [-0.3, -0.25) is 9.44 Å². The largest absolute Gasteiger partial charge is 0.495 e. The summed E-state index contributed by atoms with van der Waals surface area (Å²) >= 11 is 12.1. The SMILES string of the molecule is COc1ccc(S(=O)(=O)Nc2ccc(S(=O)(=O)Nc3ccc(C)cc3C)cc2)c(Cl)c1Cl. The van der Waals surface area contributed by atoms with Gasteiger partial charge in [-0.25, -0.2) is 16.8 Å². The van der Waals surface area contributed by atoms with E-state index >= 15 is 0 Å². The highest BCUT2D eigenvalue weighted by Crippen LogP contribution is 2.37. The molecule has 0 aliphatic carbocycles. The Morgan fingerprint density at radius 3 is 2.03 bits per heavy atom. The summed E-state index contributed by atoms with van der Waals surface area (Å²) in [5.74, 6) is 0.237. The fraction of sp³-hybridized carbons (Fsp3) is 0.143. The van der Waals surface area contributed by atoms with Crippen LogP contribution in [0.3, 0.4) is 0 Å². The highest BCUT2D eigenvalue weighted by Gasteiger charge is 2.22. The minimum absolute atomic E-state index is 0.0223. The molecule has 7 nitrogen and oxygen atoms in total. The van der Waals surface area contributed by atoms with Gasteiger partial charge in [0.2, 0.25) is 0 Å². The van der Waals surface area contributed by atoms with Gasteiger partial charge in [-0.2, -0.15) is 0 Å². The Morgan fingerprint density at radius 2 is 1.44 bits per heavy atom. The lowest BCUT2D eigenvalue weighted by Gasteiger charge is -2.13. The molecule has 0 saturated heterocycles. The predicted octanol–water partition coefficient (Wildman–Crippen LogP) is 5.22. The van der Waals surface area contributed by atoms with Crippen molar-refractivity contribution in [3.8, 4) is 5.75 Å². The van der Waals surface area contributed by atoms with E-state index in [1.165, 1.54) is 43.5 Å². The van der Waals surface area contributed by atoms with Crippen LogP contribution in [0.1, 0.15) is 11.1 Å². The first kappa shape index (κ1) is 24.2. The van der Waals surface area contributed by atoms with Crippen molar-refractivity contribution in [2.75, 3.05) is 16.6 Å². The van der Waals surface area contributed by atoms with Crippen molar-refractivity contribution in [2.45, 2.75) is 23.6 Å². The average molecular weight is 515 g/mol. The molecule has 0 aromatic heterocycles. The summed E-state index contributed by atoms with van der Waals surface area (Å²) in [4.78, 5) is -0.260. The topological polar surface area (TPSA) is 102 Å². The van der Waals surface area contributed by atoms with Crippen molar-refractivity contribution in [1.29, 1.82) is 0 Å². The maximum absolute atomic E-state index is 12.7. The first-order chi connectivity index (χ1) is 14.9. The van der Waals surface area contributed by atoms with E-state index in [4.69, 9.17) is 27.9 Å². The summed E-state index contributed by atoms with van der Waals surface area (Å²) < 4.78 is 60.8. The lowest BCUT2D eigenvalue weighted by Crippen LogP contribution is -2.15. The Balaban J connectivity index is 1.83. The summed E-state index contributed by atoms with van der Waals surface area (Å²) in [7, 11) is -6.56. The number of aryl methyl sites for hydroxylation is 2. The number of methoxy groups -OCH3 is 1. The molecule has 0 spiro atoms. The summed E-state index contributed by atoms with van der Waals surface area (Å²) in [6, 6.07) is 13.3. The highest BCUT2D eigenvalue weighted by atomic mass is 35.5. The fourth-order valence-electron chi connectivity index (χ4n) is 2.92. The van der Waals surface area contributed by atoms with Crippen LogP contribution in [0.15, 0.2) is 64.4 Å². The first-order valence-electron chi connectivity index (χ1n) is 9.19. The van der Waals surface area contributed by atoms with Crippen LogP contribution in [0.4, 0.5) is 11.4 Å². The van der Waals surface area contributed by atoms with E-state index < -0.39 is 20.0 Å². The third-order valence-electron chi connectivity index (χ3n) is 4.56. The minimum atomic E-state index is -4.09. The molecule has 0 fully saturated rings. The molecule has 0 unspecified atom stereocenters. The molecule has 3 aromatic rings. The van der Waals surface area contributed by atoms with Gasteiger partial charge in [-0.1, -0.05) is 40.9 Å². The van der Waals surface area contributed by atoms with Crippen LogP contribution in [0.5, 0.6) is 5.75 Å². The molecular formula is C21H20Cl2N2O5S2. The van der Waals surface area contributed by atoms with Crippen LogP contribution in [0.2, 0.25) is 10.0 Å². The van der Waals surface area contributed by atoms with E-state index in [-0.39, 0.29) is 31.3 Å². The summed E-state index contributed by atoms with van der Waals surface area (Å²) in [6.45, 7) is 3.72. The van der Waals surface area contributed by atoms with Gasteiger partial charge >= 0.3 is 0 Å². The number of anilines is 2. The molecule has 170 valence electrons. The maximum Gasteiger partial charge on any atom is 0.263 e. The number of rotatable bonds is 7. The van der Waals surface area contributed by atoms with Gasteiger partial charge in [0.25, 0.3) is 20.0 Å². The lowest BCUT2D eigenvalue weighted by molar-refractivity contribution is 0.414. The van der Waals surface area contributed by atoms with E-state index in [9.17, 15) is 16.8 Å². The second-order valence-corrected chi connectivity index (χ2v) is 11.0. The molecule has 32 heavy (non-hydrogen) atoms. The van der Waals surface area contributed by atoms with Gasteiger partial charge in [0.05, 0.1) is 22.7 Å².